The second-order valence-electron chi connectivity index (χ2n) is 5.52. The number of anilines is 1. The van der Waals surface area contributed by atoms with Crippen LogP contribution in [0.5, 0.6) is 0 Å². The largest absolute Gasteiger partial charge is 0.326 e. The molecule has 2 heterocycles. The summed E-state index contributed by atoms with van der Waals surface area (Å²) in [5.74, 6) is 0.888. The highest BCUT2D eigenvalue weighted by Crippen LogP contribution is 2.27. The van der Waals surface area contributed by atoms with E-state index in [0.29, 0.717) is 0 Å². The fourth-order valence-electron chi connectivity index (χ4n) is 2.82. The zero-order valence-electron chi connectivity index (χ0n) is 12.4. The molecule has 6 heteroatoms. The van der Waals surface area contributed by atoms with Gasteiger partial charge in [0, 0.05) is 18.1 Å². The summed E-state index contributed by atoms with van der Waals surface area (Å²) in [7, 11) is 2.02. The van der Waals surface area contributed by atoms with Crippen LogP contribution in [0, 0.1) is 0 Å². The Morgan fingerprint density at radius 2 is 2.00 bits per heavy atom. The summed E-state index contributed by atoms with van der Waals surface area (Å²) < 4.78 is 2.08. The molecule has 0 atom stereocenters. The SMILES string of the molecule is Cn1c(-c2csc(NN=C3CCCC3)n2)nc2ccccc21. The number of nitrogens with zero attached hydrogens (tertiary/aromatic N) is 4. The van der Waals surface area contributed by atoms with E-state index in [-0.39, 0.29) is 0 Å². The molecule has 0 unspecified atom stereocenters. The van der Waals surface area contributed by atoms with Crippen molar-refractivity contribution in [3.8, 4) is 11.5 Å². The molecule has 4 rings (SSSR count). The molecule has 22 heavy (non-hydrogen) atoms. The van der Waals surface area contributed by atoms with Crippen molar-refractivity contribution in [2.24, 2.45) is 12.1 Å². The van der Waals surface area contributed by atoms with Crippen LogP contribution in [0.3, 0.4) is 0 Å². The van der Waals surface area contributed by atoms with Gasteiger partial charge in [-0.15, -0.1) is 11.3 Å². The van der Waals surface area contributed by atoms with E-state index in [1.54, 1.807) is 11.3 Å². The lowest BCUT2D eigenvalue weighted by molar-refractivity contribution is 0.886. The molecule has 1 saturated carbocycles. The minimum absolute atomic E-state index is 0.821. The number of fused-ring (bicyclic) bond motifs is 1. The van der Waals surface area contributed by atoms with E-state index in [0.717, 1.165) is 40.5 Å². The quantitative estimate of drug-likeness (QED) is 0.743. The van der Waals surface area contributed by atoms with Crippen LogP contribution in [0.15, 0.2) is 34.7 Å². The fraction of sp³-hybridized carbons (Fsp3) is 0.312. The van der Waals surface area contributed by atoms with Crippen molar-refractivity contribution < 1.29 is 0 Å². The van der Waals surface area contributed by atoms with Crippen molar-refractivity contribution in [1.82, 2.24) is 14.5 Å². The molecule has 0 radical (unpaired) electrons. The molecule has 5 nitrogen and oxygen atoms in total. The number of thiazole rings is 1. The topological polar surface area (TPSA) is 55.1 Å². The van der Waals surface area contributed by atoms with Gasteiger partial charge in [0.05, 0.1) is 11.0 Å². The second-order valence-corrected chi connectivity index (χ2v) is 6.38. The molecule has 2 aromatic heterocycles. The molecule has 0 spiro atoms. The van der Waals surface area contributed by atoms with Crippen LogP contribution in [0.25, 0.3) is 22.6 Å². The number of imidazole rings is 1. The monoisotopic (exact) mass is 311 g/mol. The summed E-state index contributed by atoms with van der Waals surface area (Å²) >= 11 is 1.56. The summed E-state index contributed by atoms with van der Waals surface area (Å²) in [5, 5.41) is 7.30. The number of hydrazone groups is 1. The normalized spacial score (nSPS) is 14.7. The van der Waals surface area contributed by atoms with E-state index in [2.05, 4.69) is 31.1 Å². The second kappa shape index (κ2) is 5.53. The van der Waals surface area contributed by atoms with Crippen molar-refractivity contribution in [3.63, 3.8) is 0 Å². The smallest absolute Gasteiger partial charge is 0.203 e. The Morgan fingerprint density at radius 1 is 1.18 bits per heavy atom. The molecule has 0 saturated heterocycles. The van der Waals surface area contributed by atoms with Gasteiger partial charge in [-0.05, 0) is 37.8 Å². The number of aromatic nitrogens is 3. The molecule has 1 aliphatic rings. The van der Waals surface area contributed by atoms with Gasteiger partial charge in [0.2, 0.25) is 5.13 Å². The Balaban J connectivity index is 1.62. The highest BCUT2D eigenvalue weighted by molar-refractivity contribution is 7.14. The van der Waals surface area contributed by atoms with Gasteiger partial charge >= 0.3 is 0 Å². The van der Waals surface area contributed by atoms with Gasteiger partial charge in [0.15, 0.2) is 5.82 Å². The summed E-state index contributed by atoms with van der Waals surface area (Å²) in [6.45, 7) is 0. The molecule has 1 fully saturated rings. The van der Waals surface area contributed by atoms with Crippen LogP contribution in [0.1, 0.15) is 25.7 Å². The first-order valence-corrected chi connectivity index (χ1v) is 8.38. The number of benzene rings is 1. The lowest BCUT2D eigenvalue weighted by Crippen LogP contribution is -1.97. The van der Waals surface area contributed by atoms with E-state index in [1.807, 2.05) is 30.6 Å². The number of rotatable bonds is 3. The van der Waals surface area contributed by atoms with E-state index < -0.39 is 0 Å². The predicted octanol–water partition coefficient (Wildman–Crippen LogP) is 4.04. The number of nitrogens with one attached hydrogen (secondary N) is 1. The van der Waals surface area contributed by atoms with Crippen LogP contribution < -0.4 is 5.43 Å². The average molecular weight is 311 g/mol. The molecule has 0 aliphatic heterocycles. The molecular weight excluding hydrogens is 294 g/mol. The van der Waals surface area contributed by atoms with Crippen LogP contribution in [-0.4, -0.2) is 20.2 Å². The Morgan fingerprint density at radius 3 is 2.82 bits per heavy atom. The molecule has 1 aromatic carbocycles. The third-order valence-electron chi connectivity index (χ3n) is 4.01. The van der Waals surface area contributed by atoms with Crippen LogP contribution in [-0.2, 0) is 7.05 Å². The maximum absolute atomic E-state index is 4.68. The summed E-state index contributed by atoms with van der Waals surface area (Å²) in [6.07, 6.45) is 4.72. The molecule has 0 bridgehead atoms. The highest BCUT2D eigenvalue weighted by Gasteiger charge is 2.13. The lowest BCUT2D eigenvalue weighted by Gasteiger charge is -1.99. The van der Waals surface area contributed by atoms with Gasteiger partial charge in [-0.3, -0.25) is 5.43 Å². The first-order valence-electron chi connectivity index (χ1n) is 7.50. The molecule has 3 aromatic rings. The Bertz CT molecular complexity index is 837. The minimum atomic E-state index is 0.821. The first kappa shape index (κ1) is 13.5. The Kier molecular flexibility index (Phi) is 3.38. The van der Waals surface area contributed by atoms with Gasteiger partial charge in [0.25, 0.3) is 0 Å². The van der Waals surface area contributed by atoms with E-state index in [4.69, 9.17) is 0 Å². The molecule has 0 amide bonds. The standard InChI is InChI=1S/C16H17N5S/c1-21-14-9-5-4-8-12(14)17-15(21)13-10-22-16(18-13)20-19-11-6-2-3-7-11/h4-5,8-10H,2-3,6-7H2,1H3,(H,18,20). The van der Waals surface area contributed by atoms with Crippen LogP contribution in [0.2, 0.25) is 0 Å². The van der Waals surface area contributed by atoms with Crippen molar-refractivity contribution in [2.75, 3.05) is 5.43 Å². The van der Waals surface area contributed by atoms with Gasteiger partial charge in [-0.25, -0.2) is 9.97 Å². The minimum Gasteiger partial charge on any atom is -0.326 e. The lowest BCUT2D eigenvalue weighted by atomic mass is 10.3. The predicted molar refractivity (Wildman–Crippen MR) is 91.3 cm³/mol. The molecular formula is C16H17N5S. The van der Waals surface area contributed by atoms with Crippen LogP contribution in [0.4, 0.5) is 5.13 Å². The molecule has 1 aliphatic carbocycles. The summed E-state index contributed by atoms with van der Waals surface area (Å²) in [4.78, 5) is 9.29. The van der Waals surface area contributed by atoms with Gasteiger partial charge in [-0.2, -0.15) is 5.10 Å². The van der Waals surface area contributed by atoms with Crippen molar-refractivity contribution in [3.05, 3.63) is 29.6 Å². The fourth-order valence-corrected chi connectivity index (χ4v) is 3.45. The van der Waals surface area contributed by atoms with Gasteiger partial charge < -0.3 is 4.57 Å². The highest BCUT2D eigenvalue weighted by atomic mass is 32.1. The third-order valence-corrected chi connectivity index (χ3v) is 4.76. The number of aryl methyl sites for hydroxylation is 1. The van der Waals surface area contributed by atoms with Gasteiger partial charge in [-0.1, -0.05) is 12.1 Å². The summed E-state index contributed by atoms with van der Waals surface area (Å²) in [6, 6.07) is 8.13. The number of hydrogen-bond donors (Lipinski definition) is 1. The first-order chi connectivity index (χ1) is 10.8. The summed E-state index contributed by atoms with van der Waals surface area (Å²) in [5.41, 5.74) is 7.34. The molecule has 1 N–H and O–H groups in total. The van der Waals surface area contributed by atoms with Crippen molar-refractivity contribution >= 4 is 33.2 Å². The van der Waals surface area contributed by atoms with Crippen molar-refractivity contribution in [2.45, 2.75) is 25.7 Å². The average Bonchev–Trinajstić information content (AvgIpc) is 3.25. The van der Waals surface area contributed by atoms with Crippen molar-refractivity contribution in [1.29, 1.82) is 0 Å². The number of hydrogen-bond acceptors (Lipinski definition) is 5. The maximum Gasteiger partial charge on any atom is 0.203 e. The van der Waals surface area contributed by atoms with Gasteiger partial charge in [0.1, 0.15) is 5.69 Å². The third kappa shape index (κ3) is 2.39. The van der Waals surface area contributed by atoms with E-state index in [1.165, 1.54) is 18.6 Å². The Hall–Kier alpha value is -2.21. The number of para-hydroxylation sites is 2. The zero-order chi connectivity index (χ0) is 14.9. The van der Waals surface area contributed by atoms with E-state index in [9.17, 15) is 0 Å². The maximum atomic E-state index is 4.68. The zero-order valence-corrected chi connectivity index (χ0v) is 13.2. The van der Waals surface area contributed by atoms with E-state index >= 15 is 0 Å². The van der Waals surface area contributed by atoms with Crippen LogP contribution >= 0.6 is 11.3 Å². The Labute approximate surface area is 132 Å². The molecule has 112 valence electrons.